The lowest BCUT2D eigenvalue weighted by atomic mass is 10.3. The number of rotatable bonds is 3. The van der Waals surface area contributed by atoms with Crippen molar-refractivity contribution in [2.75, 3.05) is 78.9 Å². The second-order valence-electron chi connectivity index (χ2n) is 6.83. The molecule has 4 heterocycles. The lowest BCUT2D eigenvalue weighted by Crippen LogP contribution is -2.68. The highest BCUT2D eigenvalue weighted by Gasteiger charge is 2.39. The second kappa shape index (κ2) is 7.74. The van der Waals surface area contributed by atoms with Crippen LogP contribution in [0.5, 0.6) is 0 Å². The number of hydrogen-bond acceptors (Lipinski definition) is 7. The fraction of sp³-hybridized carbons (Fsp3) is 1.00. The Balaban J connectivity index is 1.49. The summed E-state index contributed by atoms with van der Waals surface area (Å²) in [4.78, 5) is 5.13. The van der Waals surface area contributed by atoms with Gasteiger partial charge in [0.05, 0.1) is 52.0 Å². The van der Waals surface area contributed by atoms with Crippen molar-refractivity contribution < 1.29 is 14.2 Å². The van der Waals surface area contributed by atoms with E-state index in [2.05, 4.69) is 19.8 Å². The van der Waals surface area contributed by atoms with E-state index in [4.69, 9.17) is 14.2 Å². The van der Waals surface area contributed by atoms with Crippen molar-refractivity contribution in [1.29, 1.82) is 0 Å². The Morgan fingerprint density at radius 1 is 0.522 bits per heavy atom. The van der Waals surface area contributed by atoms with Gasteiger partial charge in [-0.25, -0.2) is 10.0 Å². The second-order valence-corrected chi connectivity index (χ2v) is 6.83. The molecule has 0 aromatic heterocycles. The van der Waals surface area contributed by atoms with Crippen molar-refractivity contribution in [1.82, 2.24) is 19.8 Å². The van der Waals surface area contributed by atoms with E-state index < -0.39 is 0 Å². The first kappa shape index (κ1) is 16.2. The third-order valence-corrected chi connectivity index (χ3v) is 5.51. The number of morpholine rings is 3. The number of hydrazine groups is 1. The molecule has 2 atom stereocenters. The summed E-state index contributed by atoms with van der Waals surface area (Å²) in [7, 11) is 0. The molecule has 23 heavy (non-hydrogen) atoms. The maximum atomic E-state index is 5.82. The summed E-state index contributed by atoms with van der Waals surface area (Å²) >= 11 is 0. The molecule has 132 valence electrons. The molecule has 0 radical (unpaired) electrons. The molecule has 7 nitrogen and oxygen atoms in total. The number of nitrogens with zero attached hydrogens (tertiary/aromatic N) is 4. The van der Waals surface area contributed by atoms with Crippen LogP contribution in [0.3, 0.4) is 0 Å². The van der Waals surface area contributed by atoms with Crippen LogP contribution in [0.4, 0.5) is 0 Å². The molecular formula is C16H30N4O3. The molecule has 0 aromatic rings. The summed E-state index contributed by atoms with van der Waals surface area (Å²) in [5.74, 6) is 0. The molecular weight excluding hydrogens is 296 g/mol. The van der Waals surface area contributed by atoms with Crippen LogP contribution in [-0.2, 0) is 14.2 Å². The molecule has 0 saturated carbocycles. The van der Waals surface area contributed by atoms with Crippen LogP contribution in [0, 0.1) is 0 Å². The molecule has 4 fully saturated rings. The van der Waals surface area contributed by atoms with Crippen LogP contribution in [0.15, 0.2) is 0 Å². The minimum Gasteiger partial charge on any atom is -0.379 e. The predicted molar refractivity (Wildman–Crippen MR) is 85.8 cm³/mol. The first-order valence-corrected chi connectivity index (χ1v) is 9.18. The van der Waals surface area contributed by atoms with E-state index in [-0.39, 0.29) is 0 Å². The van der Waals surface area contributed by atoms with Crippen LogP contribution < -0.4 is 0 Å². The van der Waals surface area contributed by atoms with Crippen molar-refractivity contribution in [3.05, 3.63) is 0 Å². The molecule has 0 amide bonds. The van der Waals surface area contributed by atoms with Gasteiger partial charge in [0.15, 0.2) is 0 Å². The van der Waals surface area contributed by atoms with Gasteiger partial charge in [-0.2, -0.15) is 0 Å². The Kier molecular flexibility index (Phi) is 5.45. The van der Waals surface area contributed by atoms with Crippen LogP contribution in [0.1, 0.15) is 12.8 Å². The van der Waals surface area contributed by atoms with Gasteiger partial charge >= 0.3 is 0 Å². The Morgan fingerprint density at radius 2 is 1.00 bits per heavy atom. The largest absolute Gasteiger partial charge is 0.379 e. The van der Waals surface area contributed by atoms with Gasteiger partial charge in [-0.3, -0.25) is 9.80 Å². The fourth-order valence-corrected chi connectivity index (χ4v) is 4.27. The normalized spacial score (nSPS) is 36.5. The Hall–Kier alpha value is -0.280. The molecule has 4 rings (SSSR count). The standard InChI is InChI=1S/C16H30N4O3/c1-2-4-17(3-1)15-13-22-11-7-19(15)20-8-12-23-14-16(20)18-5-9-21-10-6-18/h15-16H,1-14H2. The van der Waals surface area contributed by atoms with Crippen molar-refractivity contribution in [2.45, 2.75) is 25.2 Å². The van der Waals surface area contributed by atoms with Gasteiger partial charge in [-0.1, -0.05) is 0 Å². The summed E-state index contributed by atoms with van der Waals surface area (Å²) in [5.41, 5.74) is 0. The van der Waals surface area contributed by atoms with Gasteiger partial charge in [0.2, 0.25) is 0 Å². The minimum absolute atomic E-state index is 0.343. The maximum absolute atomic E-state index is 5.82. The lowest BCUT2D eigenvalue weighted by Gasteiger charge is -2.52. The van der Waals surface area contributed by atoms with Crippen LogP contribution >= 0.6 is 0 Å². The highest BCUT2D eigenvalue weighted by Crippen LogP contribution is 2.24. The van der Waals surface area contributed by atoms with Gasteiger partial charge in [0.25, 0.3) is 0 Å². The zero-order valence-corrected chi connectivity index (χ0v) is 14.1. The summed E-state index contributed by atoms with van der Waals surface area (Å²) in [6.07, 6.45) is 3.38. The summed E-state index contributed by atoms with van der Waals surface area (Å²) in [6, 6.07) is 0. The highest BCUT2D eigenvalue weighted by atomic mass is 16.5. The Morgan fingerprint density at radius 3 is 1.57 bits per heavy atom. The quantitative estimate of drug-likeness (QED) is 0.702. The maximum Gasteiger partial charge on any atom is 0.1000 e. The highest BCUT2D eigenvalue weighted by molar-refractivity contribution is 4.84. The molecule has 0 bridgehead atoms. The molecule has 4 saturated heterocycles. The number of hydrogen-bond donors (Lipinski definition) is 0. The van der Waals surface area contributed by atoms with Gasteiger partial charge in [-0.15, -0.1) is 0 Å². The van der Waals surface area contributed by atoms with E-state index in [1.54, 1.807) is 0 Å². The predicted octanol–water partition coefficient (Wildman–Crippen LogP) is -0.354. The Bertz CT molecular complexity index is 374. The number of ether oxygens (including phenoxy) is 3. The van der Waals surface area contributed by atoms with Crippen molar-refractivity contribution in [2.24, 2.45) is 0 Å². The van der Waals surface area contributed by atoms with Gasteiger partial charge in [0, 0.05) is 26.2 Å². The van der Waals surface area contributed by atoms with Gasteiger partial charge < -0.3 is 14.2 Å². The Labute approximate surface area is 139 Å². The zero-order valence-electron chi connectivity index (χ0n) is 14.1. The molecule has 2 unspecified atom stereocenters. The minimum atomic E-state index is 0.343. The van der Waals surface area contributed by atoms with Crippen LogP contribution in [0.2, 0.25) is 0 Å². The lowest BCUT2D eigenvalue weighted by molar-refractivity contribution is -0.241. The van der Waals surface area contributed by atoms with Gasteiger partial charge in [-0.05, 0) is 25.9 Å². The number of likely N-dealkylation sites (tertiary alicyclic amines) is 1. The molecule has 0 N–H and O–H groups in total. The fourth-order valence-electron chi connectivity index (χ4n) is 4.27. The average molecular weight is 326 g/mol. The van der Waals surface area contributed by atoms with Crippen LogP contribution in [0.25, 0.3) is 0 Å². The van der Waals surface area contributed by atoms with E-state index in [1.807, 2.05) is 0 Å². The summed E-state index contributed by atoms with van der Waals surface area (Å²) in [5, 5.41) is 5.15. The van der Waals surface area contributed by atoms with Crippen LogP contribution in [-0.4, -0.2) is 111 Å². The summed E-state index contributed by atoms with van der Waals surface area (Å²) < 4.78 is 17.2. The van der Waals surface area contributed by atoms with Crippen molar-refractivity contribution >= 4 is 0 Å². The zero-order chi connectivity index (χ0) is 15.5. The molecule has 0 aliphatic carbocycles. The van der Waals surface area contributed by atoms with E-state index in [0.717, 1.165) is 65.8 Å². The topological polar surface area (TPSA) is 40.7 Å². The third-order valence-electron chi connectivity index (χ3n) is 5.51. The van der Waals surface area contributed by atoms with E-state index in [1.165, 1.54) is 25.9 Å². The molecule has 7 heteroatoms. The summed E-state index contributed by atoms with van der Waals surface area (Å²) in [6.45, 7) is 11.3. The van der Waals surface area contributed by atoms with Crippen molar-refractivity contribution in [3.8, 4) is 0 Å². The van der Waals surface area contributed by atoms with Gasteiger partial charge in [0.1, 0.15) is 0 Å². The molecule has 4 aliphatic rings. The van der Waals surface area contributed by atoms with Crippen molar-refractivity contribution in [3.63, 3.8) is 0 Å². The smallest absolute Gasteiger partial charge is 0.1000 e. The SMILES string of the molecule is C1CCN(C2COCCN2N2CCOCC2N2CCOCC2)C1. The monoisotopic (exact) mass is 326 g/mol. The first-order chi connectivity index (χ1) is 11.4. The molecule has 0 aromatic carbocycles. The van der Waals surface area contributed by atoms with E-state index in [9.17, 15) is 0 Å². The molecule has 4 aliphatic heterocycles. The first-order valence-electron chi connectivity index (χ1n) is 9.18. The molecule has 0 spiro atoms. The third kappa shape index (κ3) is 3.56. The van der Waals surface area contributed by atoms with E-state index >= 15 is 0 Å². The average Bonchev–Trinajstić information content (AvgIpc) is 3.17. The van der Waals surface area contributed by atoms with E-state index in [0.29, 0.717) is 12.3 Å².